The Labute approximate surface area is 173 Å². The molecule has 1 unspecified atom stereocenters. The third kappa shape index (κ3) is 6.41. The highest BCUT2D eigenvalue weighted by atomic mass is 127. The van der Waals surface area contributed by atoms with Crippen LogP contribution in [0.2, 0.25) is 0 Å². The average molecular weight is 484 g/mol. The summed E-state index contributed by atoms with van der Waals surface area (Å²) in [5.41, 5.74) is 0.661. The Kier molecular flexibility index (Phi) is 7.13. The third-order valence-corrected chi connectivity index (χ3v) is 4.71. The van der Waals surface area contributed by atoms with Crippen LogP contribution in [0.25, 0.3) is 0 Å². The van der Waals surface area contributed by atoms with Crippen LogP contribution in [-0.4, -0.2) is 41.0 Å². The second-order valence-corrected chi connectivity index (χ2v) is 8.87. The van der Waals surface area contributed by atoms with E-state index in [0.29, 0.717) is 25.0 Å². The van der Waals surface area contributed by atoms with Gasteiger partial charge >= 0.3 is 6.09 Å². The minimum atomic E-state index is -0.887. The van der Waals surface area contributed by atoms with Crippen molar-refractivity contribution < 1.29 is 19.1 Å². The first kappa shape index (κ1) is 21.5. The Bertz CT molecular complexity index is 767. The molecule has 7 heteroatoms. The van der Waals surface area contributed by atoms with E-state index in [1.54, 1.807) is 20.8 Å². The molecule has 27 heavy (non-hydrogen) atoms. The van der Waals surface area contributed by atoms with E-state index >= 15 is 0 Å². The zero-order valence-corrected chi connectivity index (χ0v) is 18.3. The first-order chi connectivity index (χ1) is 12.6. The Morgan fingerprint density at radius 1 is 1.30 bits per heavy atom. The van der Waals surface area contributed by atoms with Gasteiger partial charge in [0, 0.05) is 23.5 Å². The third-order valence-electron chi connectivity index (χ3n) is 4.04. The average Bonchev–Trinajstić information content (AvgIpc) is 2.53. The highest BCUT2D eigenvalue weighted by molar-refractivity contribution is 14.1. The van der Waals surface area contributed by atoms with Crippen LogP contribution in [0.5, 0.6) is 0 Å². The molecule has 1 aliphatic carbocycles. The fraction of sp³-hybridized carbons (Fsp3) is 0.500. The number of benzene rings is 1. The van der Waals surface area contributed by atoms with E-state index in [0.717, 1.165) is 14.1 Å². The van der Waals surface area contributed by atoms with Crippen LogP contribution in [0.1, 0.15) is 45.6 Å². The van der Waals surface area contributed by atoms with Gasteiger partial charge in [-0.2, -0.15) is 5.10 Å². The summed E-state index contributed by atoms with van der Waals surface area (Å²) >= 11 is 2.19. The molecule has 0 spiro atoms. The maximum absolute atomic E-state index is 12.8. The quantitative estimate of drug-likeness (QED) is 0.368. The van der Waals surface area contributed by atoms with E-state index in [1.165, 1.54) is 7.05 Å². The van der Waals surface area contributed by atoms with Crippen molar-refractivity contribution in [2.45, 2.75) is 52.1 Å². The van der Waals surface area contributed by atoms with E-state index in [9.17, 15) is 14.4 Å². The molecule has 1 atom stereocenters. The van der Waals surface area contributed by atoms with Gasteiger partial charge in [0.05, 0.1) is 5.71 Å². The summed E-state index contributed by atoms with van der Waals surface area (Å²) in [6.45, 7) is 5.30. The van der Waals surface area contributed by atoms with Crippen molar-refractivity contribution in [1.29, 1.82) is 0 Å². The van der Waals surface area contributed by atoms with E-state index in [1.807, 2.05) is 24.3 Å². The van der Waals surface area contributed by atoms with Crippen LogP contribution < -0.4 is 0 Å². The van der Waals surface area contributed by atoms with Gasteiger partial charge in [-0.05, 0) is 73.9 Å². The number of halogens is 1. The first-order valence-corrected chi connectivity index (χ1v) is 9.98. The number of hydrogen-bond acceptors (Lipinski definition) is 5. The second-order valence-electron chi connectivity index (χ2n) is 7.62. The highest BCUT2D eigenvalue weighted by Gasteiger charge is 2.35. The van der Waals surface area contributed by atoms with Gasteiger partial charge in [0.25, 0.3) is 0 Å². The number of rotatable bonds is 4. The molecule has 2 rings (SSSR count). The number of hydrazone groups is 1. The van der Waals surface area contributed by atoms with E-state index in [4.69, 9.17) is 4.74 Å². The first-order valence-electron chi connectivity index (χ1n) is 8.91. The van der Waals surface area contributed by atoms with Crippen molar-refractivity contribution in [1.82, 2.24) is 5.01 Å². The molecule has 0 bridgehead atoms. The number of carbonyl (C=O) groups is 3. The fourth-order valence-electron chi connectivity index (χ4n) is 2.90. The molecule has 1 fully saturated rings. The van der Waals surface area contributed by atoms with Crippen LogP contribution >= 0.6 is 22.6 Å². The summed E-state index contributed by atoms with van der Waals surface area (Å²) in [6, 6.07) is 7.63. The van der Waals surface area contributed by atoms with Gasteiger partial charge in [-0.25, -0.2) is 9.80 Å². The molecule has 0 N–H and O–H groups in total. The Hall–Kier alpha value is -1.77. The molecule has 1 aliphatic rings. The van der Waals surface area contributed by atoms with Gasteiger partial charge in [-0.3, -0.25) is 9.59 Å². The molecular weight excluding hydrogens is 459 g/mol. The molecule has 0 radical (unpaired) electrons. The Balaban J connectivity index is 2.19. The molecule has 1 aromatic rings. The molecule has 0 aliphatic heterocycles. The van der Waals surface area contributed by atoms with Gasteiger partial charge in [0.1, 0.15) is 17.3 Å². The smallest absolute Gasteiger partial charge is 0.430 e. The van der Waals surface area contributed by atoms with Crippen molar-refractivity contribution >= 4 is 46.0 Å². The number of nitrogens with zero attached hydrogens (tertiary/aromatic N) is 2. The number of ketones is 2. The molecule has 0 saturated heterocycles. The lowest BCUT2D eigenvalue weighted by atomic mass is 9.81. The number of amides is 1. The maximum Gasteiger partial charge on any atom is 0.430 e. The van der Waals surface area contributed by atoms with Gasteiger partial charge in [0.15, 0.2) is 5.78 Å². The summed E-state index contributed by atoms with van der Waals surface area (Å²) in [5.74, 6) is -1.20. The van der Waals surface area contributed by atoms with Crippen molar-refractivity contribution in [3.8, 4) is 0 Å². The maximum atomic E-state index is 12.8. The van der Waals surface area contributed by atoms with Crippen LogP contribution in [0, 0.1) is 9.49 Å². The number of ether oxygens (including phenoxy) is 1. The van der Waals surface area contributed by atoms with E-state index in [-0.39, 0.29) is 18.0 Å². The van der Waals surface area contributed by atoms with Gasteiger partial charge in [-0.15, -0.1) is 0 Å². The summed E-state index contributed by atoms with van der Waals surface area (Å²) in [5, 5.41) is 5.34. The molecule has 1 amide bonds. The molecule has 0 aromatic heterocycles. The van der Waals surface area contributed by atoms with Gasteiger partial charge < -0.3 is 4.74 Å². The lowest BCUT2D eigenvalue weighted by molar-refractivity contribution is -0.130. The predicted octanol–water partition coefficient (Wildman–Crippen LogP) is 3.99. The summed E-state index contributed by atoms with van der Waals surface area (Å²) in [4.78, 5) is 37.4. The second kappa shape index (κ2) is 8.95. The monoisotopic (exact) mass is 484 g/mol. The van der Waals surface area contributed by atoms with Crippen molar-refractivity contribution in [2.24, 2.45) is 11.0 Å². The molecule has 146 valence electrons. The topological polar surface area (TPSA) is 76.0 Å². The zero-order chi connectivity index (χ0) is 20.2. The largest absolute Gasteiger partial charge is 0.442 e. The molecule has 1 aromatic carbocycles. The lowest BCUT2D eigenvalue weighted by Gasteiger charge is -2.25. The van der Waals surface area contributed by atoms with Crippen molar-refractivity contribution in [2.75, 3.05) is 7.05 Å². The van der Waals surface area contributed by atoms with Gasteiger partial charge in [0.2, 0.25) is 0 Å². The predicted molar refractivity (Wildman–Crippen MR) is 112 cm³/mol. The number of hydrogen-bond donors (Lipinski definition) is 0. The zero-order valence-electron chi connectivity index (χ0n) is 16.1. The Morgan fingerprint density at radius 3 is 2.63 bits per heavy atom. The van der Waals surface area contributed by atoms with Crippen LogP contribution in [0.4, 0.5) is 4.79 Å². The summed E-state index contributed by atoms with van der Waals surface area (Å²) in [7, 11) is 1.47. The van der Waals surface area contributed by atoms with E-state index in [2.05, 4.69) is 27.7 Å². The standard InChI is InChI=1S/C20H25IN2O4/c1-20(2,3)27-19(26)23(4)22-15-9-6-10-16(24)18(15)17(25)12-13-7-5-8-14(21)11-13/h5,7-8,11,18H,6,9-10,12H2,1-4H3/b22-15-. The number of carbonyl (C=O) groups excluding carboxylic acids is 3. The van der Waals surface area contributed by atoms with Crippen molar-refractivity contribution in [3.63, 3.8) is 0 Å². The number of Topliss-reactive ketones (excluding diaryl/α,β-unsaturated/α-hetero) is 2. The van der Waals surface area contributed by atoms with Crippen LogP contribution in [-0.2, 0) is 20.7 Å². The molecule has 0 heterocycles. The summed E-state index contributed by atoms with van der Waals surface area (Å²) < 4.78 is 6.32. The van der Waals surface area contributed by atoms with Gasteiger partial charge in [-0.1, -0.05) is 12.1 Å². The summed E-state index contributed by atoms with van der Waals surface area (Å²) in [6.07, 6.45) is 1.06. The molecular formula is C20H25IN2O4. The lowest BCUT2D eigenvalue weighted by Crippen LogP contribution is -2.39. The SMILES string of the molecule is CN(/N=C1/CCCC(=O)C1C(=O)Cc1cccc(I)c1)C(=O)OC(C)(C)C. The highest BCUT2D eigenvalue weighted by Crippen LogP contribution is 2.23. The van der Waals surface area contributed by atoms with E-state index < -0.39 is 17.6 Å². The Morgan fingerprint density at radius 2 is 2.00 bits per heavy atom. The molecule has 6 nitrogen and oxygen atoms in total. The van der Waals surface area contributed by atoms with Crippen molar-refractivity contribution in [3.05, 3.63) is 33.4 Å². The minimum absolute atomic E-state index is 0.131. The van der Waals surface area contributed by atoms with Crippen LogP contribution in [0.15, 0.2) is 29.4 Å². The normalized spacial score (nSPS) is 19.1. The minimum Gasteiger partial charge on any atom is -0.442 e. The fourth-order valence-corrected chi connectivity index (χ4v) is 3.51. The molecule has 1 saturated carbocycles. The van der Waals surface area contributed by atoms with Crippen LogP contribution in [0.3, 0.4) is 0 Å².